The van der Waals surface area contributed by atoms with Crippen molar-refractivity contribution in [2.75, 3.05) is 19.7 Å². The molecule has 0 amide bonds. The predicted octanol–water partition coefficient (Wildman–Crippen LogP) is 4.01. The van der Waals surface area contributed by atoms with Crippen molar-refractivity contribution < 1.29 is 9.15 Å². The molecule has 1 aliphatic heterocycles. The number of ether oxygens (including phenoxy) is 1. The first kappa shape index (κ1) is 21.1. The fourth-order valence-electron chi connectivity index (χ4n) is 2.71. The monoisotopic (exact) mass is 489 g/mol. The molecular weight excluding hydrogens is 465 g/mol. The third kappa shape index (κ3) is 7.17. The quantitative estimate of drug-likeness (QED) is 0.351. The highest BCUT2D eigenvalue weighted by Crippen LogP contribution is 2.11. The van der Waals surface area contributed by atoms with Gasteiger partial charge in [0.25, 0.3) is 0 Å². The third-order valence-electron chi connectivity index (χ3n) is 4.10. The molecule has 2 N–H and O–H groups in total. The van der Waals surface area contributed by atoms with E-state index < -0.39 is 0 Å². The minimum Gasteiger partial charge on any atom is -0.469 e. The summed E-state index contributed by atoms with van der Waals surface area (Å²) in [6.07, 6.45) is 5.02. The Labute approximate surface area is 176 Å². The highest BCUT2D eigenvalue weighted by molar-refractivity contribution is 14.0. The predicted molar refractivity (Wildman–Crippen MR) is 115 cm³/mol. The molecule has 1 aliphatic rings. The molecule has 142 valence electrons. The van der Waals surface area contributed by atoms with Crippen molar-refractivity contribution >= 4 is 41.5 Å². The molecule has 0 radical (unpaired) electrons. The van der Waals surface area contributed by atoms with E-state index in [9.17, 15) is 0 Å². The molecule has 1 aromatic heterocycles. The molecule has 0 aliphatic carbocycles. The minimum absolute atomic E-state index is 0. The van der Waals surface area contributed by atoms with Gasteiger partial charge in [-0.3, -0.25) is 0 Å². The molecule has 26 heavy (non-hydrogen) atoms. The van der Waals surface area contributed by atoms with Crippen LogP contribution in [-0.4, -0.2) is 31.8 Å². The number of aliphatic imine (C=N–C) groups is 1. The van der Waals surface area contributed by atoms with Gasteiger partial charge in [-0.15, -0.1) is 24.0 Å². The van der Waals surface area contributed by atoms with Crippen LogP contribution in [0, 0.1) is 0 Å². The summed E-state index contributed by atoms with van der Waals surface area (Å²) in [5.74, 6) is 1.75. The average Bonchev–Trinajstić information content (AvgIpc) is 3.32. The van der Waals surface area contributed by atoms with Crippen molar-refractivity contribution in [3.05, 3.63) is 59.0 Å². The Kier molecular flexibility index (Phi) is 9.28. The number of halogens is 2. The van der Waals surface area contributed by atoms with Crippen LogP contribution in [0.2, 0.25) is 5.02 Å². The Morgan fingerprint density at radius 3 is 2.73 bits per heavy atom. The summed E-state index contributed by atoms with van der Waals surface area (Å²) in [6.45, 7) is 2.98. The zero-order chi connectivity index (χ0) is 17.3. The molecule has 1 aromatic carbocycles. The second kappa shape index (κ2) is 11.5. The molecule has 3 rings (SSSR count). The molecule has 0 spiro atoms. The summed E-state index contributed by atoms with van der Waals surface area (Å²) in [7, 11) is 0. The molecule has 1 fully saturated rings. The van der Waals surface area contributed by atoms with Crippen molar-refractivity contribution in [3.63, 3.8) is 0 Å². The Hall–Kier alpha value is -1.25. The third-order valence-corrected chi connectivity index (χ3v) is 4.35. The summed E-state index contributed by atoms with van der Waals surface area (Å²) in [5, 5.41) is 7.48. The fourth-order valence-corrected chi connectivity index (χ4v) is 2.84. The summed E-state index contributed by atoms with van der Waals surface area (Å²) in [6, 6.07) is 11.6. The summed E-state index contributed by atoms with van der Waals surface area (Å²) >= 11 is 5.93. The van der Waals surface area contributed by atoms with Gasteiger partial charge in [0, 0.05) is 31.1 Å². The van der Waals surface area contributed by atoms with E-state index in [1.54, 1.807) is 6.26 Å². The average molecular weight is 490 g/mol. The number of nitrogens with zero attached hydrogens (tertiary/aromatic N) is 1. The van der Waals surface area contributed by atoms with Crippen LogP contribution in [-0.2, 0) is 17.7 Å². The van der Waals surface area contributed by atoms with Crippen molar-refractivity contribution in [1.29, 1.82) is 0 Å². The number of guanidine groups is 1. The summed E-state index contributed by atoms with van der Waals surface area (Å²) in [4.78, 5) is 4.67. The maximum Gasteiger partial charge on any atom is 0.191 e. The Morgan fingerprint density at radius 1 is 1.19 bits per heavy atom. The lowest BCUT2D eigenvalue weighted by atomic mass is 10.2. The van der Waals surface area contributed by atoms with Gasteiger partial charge < -0.3 is 19.8 Å². The van der Waals surface area contributed by atoms with Crippen molar-refractivity contribution in [3.8, 4) is 0 Å². The van der Waals surface area contributed by atoms with Gasteiger partial charge in [0.2, 0.25) is 0 Å². The molecule has 1 unspecified atom stereocenters. The molecule has 0 saturated carbocycles. The first-order valence-electron chi connectivity index (χ1n) is 8.70. The second-order valence-electron chi connectivity index (χ2n) is 6.06. The minimum atomic E-state index is 0. The van der Waals surface area contributed by atoms with Crippen molar-refractivity contribution in [2.24, 2.45) is 4.99 Å². The highest BCUT2D eigenvalue weighted by Gasteiger charge is 2.15. The largest absolute Gasteiger partial charge is 0.469 e. The number of nitrogens with one attached hydrogen (secondary N) is 2. The lowest BCUT2D eigenvalue weighted by Gasteiger charge is -2.15. The lowest BCUT2D eigenvalue weighted by Crippen LogP contribution is -2.41. The van der Waals surface area contributed by atoms with Crippen LogP contribution in [0.1, 0.15) is 24.2 Å². The molecule has 0 bridgehead atoms. The molecule has 7 heteroatoms. The summed E-state index contributed by atoms with van der Waals surface area (Å²) < 4.78 is 11.0. The maximum absolute atomic E-state index is 5.93. The fraction of sp³-hybridized carbons (Fsp3) is 0.421. The van der Waals surface area contributed by atoms with E-state index in [1.807, 2.05) is 36.4 Å². The van der Waals surface area contributed by atoms with E-state index in [0.717, 1.165) is 61.3 Å². The first-order valence-corrected chi connectivity index (χ1v) is 9.08. The van der Waals surface area contributed by atoms with Gasteiger partial charge in [-0.2, -0.15) is 0 Å². The molecule has 1 atom stereocenters. The Bertz CT molecular complexity index is 656. The molecule has 5 nitrogen and oxygen atoms in total. The SMILES string of the molecule is Clc1ccc(CN=C(NCCc2ccco2)NCC2CCCO2)cc1.I. The summed E-state index contributed by atoms with van der Waals surface area (Å²) in [5.41, 5.74) is 1.12. The topological polar surface area (TPSA) is 58.8 Å². The van der Waals surface area contributed by atoms with Crippen molar-refractivity contribution in [1.82, 2.24) is 10.6 Å². The van der Waals surface area contributed by atoms with Gasteiger partial charge in [-0.05, 0) is 42.7 Å². The van der Waals surface area contributed by atoms with E-state index in [1.165, 1.54) is 0 Å². The lowest BCUT2D eigenvalue weighted by molar-refractivity contribution is 0.114. The van der Waals surface area contributed by atoms with Crippen LogP contribution in [0.15, 0.2) is 52.1 Å². The van der Waals surface area contributed by atoms with Gasteiger partial charge in [-0.25, -0.2) is 4.99 Å². The number of hydrogen-bond donors (Lipinski definition) is 2. The Balaban J connectivity index is 0.00000243. The van der Waals surface area contributed by atoms with E-state index in [2.05, 4.69) is 15.6 Å². The molecule has 2 aromatic rings. The van der Waals surface area contributed by atoms with Gasteiger partial charge in [-0.1, -0.05) is 23.7 Å². The van der Waals surface area contributed by atoms with Gasteiger partial charge in [0.15, 0.2) is 5.96 Å². The highest BCUT2D eigenvalue weighted by atomic mass is 127. The van der Waals surface area contributed by atoms with Crippen LogP contribution < -0.4 is 10.6 Å². The molecule has 2 heterocycles. The standard InChI is InChI=1S/C19H24ClN3O2.HI/c20-16-7-5-15(6-8-16)13-22-19(23-14-18-4-2-12-25-18)21-10-9-17-3-1-11-24-17;/h1,3,5-8,11,18H,2,4,9-10,12-14H2,(H2,21,22,23);1H. The molecule has 1 saturated heterocycles. The zero-order valence-electron chi connectivity index (χ0n) is 14.6. The van der Waals surface area contributed by atoms with Crippen LogP contribution >= 0.6 is 35.6 Å². The van der Waals surface area contributed by atoms with Crippen LogP contribution in [0.3, 0.4) is 0 Å². The molecular formula is C19H25ClIN3O2. The van der Waals surface area contributed by atoms with Gasteiger partial charge in [0.1, 0.15) is 5.76 Å². The van der Waals surface area contributed by atoms with E-state index in [0.29, 0.717) is 6.54 Å². The van der Waals surface area contributed by atoms with Crippen LogP contribution in [0.25, 0.3) is 0 Å². The first-order chi connectivity index (χ1) is 12.3. The maximum atomic E-state index is 5.93. The number of rotatable bonds is 7. The van der Waals surface area contributed by atoms with E-state index in [-0.39, 0.29) is 30.1 Å². The van der Waals surface area contributed by atoms with Gasteiger partial charge >= 0.3 is 0 Å². The number of hydrogen-bond acceptors (Lipinski definition) is 3. The smallest absolute Gasteiger partial charge is 0.191 e. The van der Waals surface area contributed by atoms with E-state index >= 15 is 0 Å². The number of furan rings is 1. The van der Waals surface area contributed by atoms with Crippen LogP contribution in [0.4, 0.5) is 0 Å². The normalized spacial score (nSPS) is 17.0. The van der Waals surface area contributed by atoms with Gasteiger partial charge in [0.05, 0.1) is 18.9 Å². The second-order valence-corrected chi connectivity index (χ2v) is 6.50. The van der Waals surface area contributed by atoms with Crippen LogP contribution in [0.5, 0.6) is 0 Å². The number of benzene rings is 1. The van der Waals surface area contributed by atoms with E-state index in [4.69, 9.17) is 20.8 Å². The zero-order valence-corrected chi connectivity index (χ0v) is 17.7. The Morgan fingerprint density at radius 2 is 2.04 bits per heavy atom. The van der Waals surface area contributed by atoms with Crippen molar-refractivity contribution in [2.45, 2.75) is 31.9 Å².